The van der Waals surface area contributed by atoms with Gasteiger partial charge in [0, 0.05) is 29.8 Å². The molecule has 31 heavy (non-hydrogen) atoms. The minimum absolute atomic E-state index is 0.0290. The van der Waals surface area contributed by atoms with Gasteiger partial charge < -0.3 is 18.8 Å². The van der Waals surface area contributed by atoms with Gasteiger partial charge in [-0.1, -0.05) is 35.9 Å². The van der Waals surface area contributed by atoms with E-state index in [0.717, 1.165) is 10.9 Å². The van der Waals surface area contributed by atoms with Crippen molar-refractivity contribution in [3.05, 3.63) is 65.4 Å². The average molecular weight is 420 g/mol. The van der Waals surface area contributed by atoms with Gasteiger partial charge in [0.05, 0.1) is 19.1 Å². The highest BCUT2D eigenvalue weighted by molar-refractivity contribution is 5.99. The molecule has 7 heteroatoms. The third-order valence-electron chi connectivity index (χ3n) is 4.75. The van der Waals surface area contributed by atoms with Crippen molar-refractivity contribution >= 4 is 28.5 Å². The Labute approximate surface area is 180 Å². The number of furan rings is 1. The van der Waals surface area contributed by atoms with E-state index in [0.29, 0.717) is 23.4 Å². The van der Waals surface area contributed by atoms with Crippen LogP contribution in [-0.2, 0) is 20.9 Å². The summed E-state index contributed by atoms with van der Waals surface area (Å²) in [4.78, 5) is 26.9. The van der Waals surface area contributed by atoms with E-state index < -0.39 is 18.5 Å². The molecule has 0 spiro atoms. The number of carbonyl (C=O) groups is 2. The normalized spacial score (nSPS) is 10.6. The molecule has 3 aromatic rings. The molecule has 0 aliphatic rings. The Hall–Kier alpha value is -3.63. The van der Waals surface area contributed by atoms with E-state index in [-0.39, 0.29) is 25.3 Å². The van der Waals surface area contributed by atoms with Gasteiger partial charge in [-0.25, -0.2) is 4.79 Å². The van der Waals surface area contributed by atoms with E-state index in [4.69, 9.17) is 19.2 Å². The number of hydrogen-bond acceptors (Lipinski definition) is 6. The summed E-state index contributed by atoms with van der Waals surface area (Å²) in [6, 6.07) is 16.6. The van der Waals surface area contributed by atoms with Crippen LogP contribution in [0, 0.1) is 18.3 Å². The molecule has 3 rings (SSSR count). The second-order valence-electron chi connectivity index (χ2n) is 6.91. The number of aryl methyl sites for hydroxylation is 1. The quantitative estimate of drug-likeness (QED) is 0.477. The molecule has 0 radical (unpaired) electrons. The topological polar surface area (TPSA) is 92.8 Å². The maximum Gasteiger partial charge on any atom is 0.375 e. The number of hydrogen-bond donors (Lipinski definition) is 0. The molecule has 1 amide bonds. The van der Waals surface area contributed by atoms with Crippen LogP contribution in [0.3, 0.4) is 0 Å². The lowest BCUT2D eigenvalue weighted by Crippen LogP contribution is -2.35. The van der Waals surface area contributed by atoms with Gasteiger partial charge in [-0.15, -0.1) is 0 Å². The van der Waals surface area contributed by atoms with Gasteiger partial charge in [-0.3, -0.25) is 4.79 Å². The summed E-state index contributed by atoms with van der Waals surface area (Å²) in [7, 11) is 0. The number of rotatable bonds is 9. The average Bonchev–Trinajstić information content (AvgIpc) is 3.16. The second-order valence-corrected chi connectivity index (χ2v) is 6.91. The van der Waals surface area contributed by atoms with Crippen LogP contribution in [0.15, 0.2) is 52.9 Å². The minimum Gasteiger partial charge on any atom is -0.450 e. The maximum absolute atomic E-state index is 12.8. The van der Waals surface area contributed by atoms with Crippen molar-refractivity contribution in [1.29, 1.82) is 5.26 Å². The SMILES string of the molecule is CCOCc1c(C(=O)OCC(=O)N(CCC#N)c2ccc(C)cc2)oc2ccccc12. The number of ether oxygens (including phenoxy) is 2. The molecule has 0 N–H and O–H groups in total. The number of carbonyl (C=O) groups excluding carboxylic acids is 2. The highest BCUT2D eigenvalue weighted by Crippen LogP contribution is 2.27. The largest absolute Gasteiger partial charge is 0.450 e. The smallest absolute Gasteiger partial charge is 0.375 e. The number of amides is 1. The van der Waals surface area contributed by atoms with Crippen molar-refractivity contribution in [3.8, 4) is 6.07 Å². The number of fused-ring (bicyclic) bond motifs is 1. The highest BCUT2D eigenvalue weighted by Gasteiger charge is 2.24. The van der Waals surface area contributed by atoms with Crippen LogP contribution in [-0.4, -0.2) is 31.6 Å². The van der Waals surface area contributed by atoms with Gasteiger partial charge in [0.15, 0.2) is 6.61 Å². The molecule has 160 valence electrons. The van der Waals surface area contributed by atoms with Crippen LogP contribution in [0.4, 0.5) is 5.69 Å². The van der Waals surface area contributed by atoms with E-state index in [1.54, 1.807) is 18.2 Å². The van der Waals surface area contributed by atoms with E-state index >= 15 is 0 Å². The van der Waals surface area contributed by atoms with Gasteiger partial charge in [-0.05, 0) is 32.0 Å². The predicted octanol–water partition coefficient (Wildman–Crippen LogP) is 4.38. The molecule has 0 bridgehead atoms. The molecule has 0 unspecified atom stereocenters. The van der Waals surface area contributed by atoms with Crippen LogP contribution >= 0.6 is 0 Å². The standard InChI is InChI=1S/C24H24N2O5/c1-3-29-15-20-19-7-4-5-8-21(19)31-23(20)24(28)30-16-22(27)26(14-6-13-25)18-11-9-17(2)10-12-18/h4-5,7-12H,3,6,14-16H2,1-2H3. The molecule has 0 saturated heterocycles. The monoisotopic (exact) mass is 420 g/mol. The molecule has 0 aliphatic heterocycles. The molecule has 0 fully saturated rings. The van der Waals surface area contributed by atoms with Gasteiger partial charge >= 0.3 is 5.97 Å². The Morgan fingerprint density at radius 1 is 1.13 bits per heavy atom. The lowest BCUT2D eigenvalue weighted by atomic mass is 10.1. The molecule has 7 nitrogen and oxygen atoms in total. The minimum atomic E-state index is -0.733. The summed E-state index contributed by atoms with van der Waals surface area (Å²) in [5, 5.41) is 9.70. The molecule has 1 aromatic heterocycles. The van der Waals surface area contributed by atoms with Gasteiger partial charge in [0.1, 0.15) is 5.58 Å². The van der Waals surface area contributed by atoms with Gasteiger partial charge in [0.2, 0.25) is 5.76 Å². The summed E-state index contributed by atoms with van der Waals surface area (Å²) in [5.41, 5.74) is 2.83. The summed E-state index contributed by atoms with van der Waals surface area (Å²) in [6.45, 7) is 4.22. The molecular weight excluding hydrogens is 396 g/mol. The summed E-state index contributed by atoms with van der Waals surface area (Å²) < 4.78 is 16.5. The van der Waals surface area contributed by atoms with E-state index in [9.17, 15) is 9.59 Å². The zero-order valence-corrected chi connectivity index (χ0v) is 17.6. The van der Waals surface area contributed by atoms with Crippen molar-refractivity contribution in [2.45, 2.75) is 26.9 Å². The molecule has 0 saturated carbocycles. The molecular formula is C24H24N2O5. The Balaban J connectivity index is 1.76. The number of esters is 1. The summed E-state index contributed by atoms with van der Waals surface area (Å²) in [6.07, 6.45) is 0.162. The number of anilines is 1. The van der Waals surface area contributed by atoms with Gasteiger partial charge in [-0.2, -0.15) is 5.26 Å². The lowest BCUT2D eigenvalue weighted by Gasteiger charge is -2.21. The van der Waals surface area contributed by atoms with Crippen LogP contribution in [0.2, 0.25) is 0 Å². The number of benzene rings is 2. The number of para-hydroxylation sites is 1. The maximum atomic E-state index is 12.8. The lowest BCUT2D eigenvalue weighted by molar-refractivity contribution is -0.121. The van der Waals surface area contributed by atoms with E-state index in [1.807, 2.05) is 50.2 Å². The van der Waals surface area contributed by atoms with Crippen molar-refractivity contribution in [2.75, 3.05) is 24.7 Å². The third kappa shape index (κ3) is 5.30. The zero-order valence-electron chi connectivity index (χ0n) is 17.6. The Kier molecular flexibility index (Phi) is 7.41. The molecule has 0 atom stereocenters. The number of nitriles is 1. The fraction of sp³-hybridized carbons (Fsp3) is 0.292. The Morgan fingerprint density at radius 2 is 1.87 bits per heavy atom. The van der Waals surface area contributed by atoms with Gasteiger partial charge in [0.25, 0.3) is 5.91 Å². The van der Waals surface area contributed by atoms with Crippen LogP contribution in [0.25, 0.3) is 11.0 Å². The first-order chi connectivity index (χ1) is 15.0. The van der Waals surface area contributed by atoms with Crippen molar-refractivity contribution in [2.24, 2.45) is 0 Å². The molecule has 0 aliphatic carbocycles. The first-order valence-electron chi connectivity index (χ1n) is 10.0. The van der Waals surface area contributed by atoms with Crippen molar-refractivity contribution in [1.82, 2.24) is 0 Å². The summed E-state index contributed by atoms with van der Waals surface area (Å²) >= 11 is 0. The second kappa shape index (κ2) is 10.4. The zero-order chi connectivity index (χ0) is 22.2. The first-order valence-corrected chi connectivity index (χ1v) is 10.0. The van der Waals surface area contributed by atoms with Crippen LogP contribution in [0.5, 0.6) is 0 Å². The third-order valence-corrected chi connectivity index (χ3v) is 4.75. The Bertz CT molecular complexity index is 1100. The predicted molar refractivity (Wildman–Crippen MR) is 116 cm³/mol. The first kappa shape index (κ1) is 22.1. The van der Waals surface area contributed by atoms with E-state index in [2.05, 4.69) is 0 Å². The number of nitrogens with zero attached hydrogens (tertiary/aromatic N) is 2. The summed E-state index contributed by atoms with van der Waals surface area (Å²) in [5.74, 6) is -1.13. The Morgan fingerprint density at radius 3 is 2.58 bits per heavy atom. The van der Waals surface area contributed by atoms with Crippen LogP contribution < -0.4 is 4.90 Å². The molecule has 1 heterocycles. The fourth-order valence-corrected chi connectivity index (χ4v) is 3.17. The molecule has 2 aromatic carbocycles. The fourth-order valence-electron chi connectivity index (χ4n) is 3.17. The van der Waals surface area contributed by atoms with Crippen molar-refractivity contribution in [3.63, 3.8) is 0 Å². The van der Waals surface area contributed by atoms with Crippen LogP contribution in [0.1, 0.15) is 35.0 Å². The van der Waals surface area contributed by atoms with Crippen molar-refractivity contribution < 1.29 is 23.5 Å². The van der Waals surface area contributed by atoms with E-state index in [1.165, 1.54) is 4.90 Å². The highest BCUT2D eigenvalue weighted by atomic mass is 16.5.